The van der Waals surface area contributed by atoms with E-state index in [0.717, 1.165) is 11.3 Å². The summed E-state index contributed by atoms with van der Waals surface area (Å²) in [5, 5.41) is 8.30. The molecule has 0 bridgehead atoms. The fourth-order valence-electron chi connectivity index (χ4n) is 2.44. The third-order valence-electron chi connectivity index (χ3n) is 3.96. The number of carbonyl (C=O) groups is 2. The first kappa shape index (κ1) is 18.9. The molecular weight excluding hydrogens is 356 g/mol. The van der Waals surface area contributed by atoms with E-state index in [1.165, 1.54) is 0 Å². The molecule has 0 aliphatic carbocycles. The van der Waals surface area contributed by atoms with Crippen molar-refractivity contribution in [2.75, 3.05) is 17.7 Å². The second-order valence-corrected chi connectivity index (χ2v) is 5.92. The van der Waals surface area contributed by atoms with Gasteiger partial charge < -0.3 is 20.7 Å². The van der Waals surface area contributed by atoms with Gasteiger partial charge in [-0.3, -0.25) is 9.78 Å². The Balaban J connectivity index is 1.52. The minimum absolute atomic E-state index is 0.237. The van der Waals surface area contributed by atoms with Crippen LogP contribution in [0.25, 0.3) is 0 Å². The highest BCUT2D eigenvalue weighted by Gasteiger charge is 2.07. The van der Waals surface area contributed by atoms with Gasteiger partial charge >= 0.3 is 6.03 Å². The molecule has 0 spiro atoms. The van der Waals surface area contributed by atoms with E-state index in [1.807, 2.05) is 12.1 Å². The SMILES string of the molecule is COc1ccc(NC(=O)c2ccc(NC(=O)NCc3ccncc3)cc2)cc1. The standard InChI is InChI=1S/C21H20N4O3/c1-28-19-8-6-17(7-9-19)24-20(26)16-2-4-18(5-3-16)25-21(27)23-14-15-10-12-22-13-11-15/h2-13H,14H2,1H3,(H,24,26)(H2,23,25,27). The van der Waals surface area contributed by atoms with Crippen LogP contribution in [0, 0.1) is 0 Å². The van der Waals surface area contributed by atoms with E-state index in [0.29, 0.717) is 23.5 Å². The predicted molar refractivity (Wildman–Crippen MR) is 107 cm³/mol. The molecule has 0 unspecified atom stereocenters. The van der Waals surface area contributed by atoms with Gasteiger partial charge in [-0.05, 0) is 66.2 Å². The van der Waals surface area contributed by atoms with Gasteiger partial charge in [0, 0.05) is 35.9 Å². The van der Waals surface area contributed by atoms with Gasteiger partial charge in [0.15, 0.2) is 0 Å². The lowest BCUT2D eigenvalue weighted by molar-refractivity contribution is 0.102. The number of amides is 3. The van der Waals surface area contributed by atoms with Crippen molar-refractivity contribution >= 4 is 23.3 Å². The van der Waals surface area contributed by atoms with Gasteiger partial charge in [0.05, 0.1) is 7.11 Å². The zero-order chi connectivity index (χ0) is 19.8. The van der Waals surface area contributed by atoms with Gasteiger partial charge in [0.25, 0.3) is 5.91 Å². The molecular formula is C21H20N4O3. The highest BCUT2D eigenvalue weighted by Crippen LogP contribution is 2.16. The van der Waals surface area contributed by atoms with Crippen molar-refractivity contribution in [3.8, 4) is 5.75 Å². The number of ether oxygens (including phenoxy) is 1. The monoisotopic (exact) mass is 376 g/mol. The summed E-state index contributed by atoms with van der Waals surface area (Å²) in [5.41, 5.74) is 2.70. The molecule has 3 aromatic rings. The Morgan fingerprint density at radius 3 is 2.11 bits per heavy atom. The molecule has 3 amide bonds. The van der Waals surface area contributed by atoms with E-state index in [4.69, 9.17) is 4.74 Å². The highest BCUT2D eigenvalue weighted by atomic mass is 16.5. The topological polar surface area (TPSA) is 92.4 Å². The van der Waals surface area contributed by atoms with Crippen LogP contribution >= 0.6 is 0 Å². The number of nitrogens with one attached hydrogen (secondary N) is 3. The van der Waals surface area contributed by atoms with Crippen LogP contribution < -0.4 is 20.7 Å². The highest BCUT2D eigenvalue weighted by molar-refractivity contribution is 6.04. The zero-order valence-electron chi connectivity index (χ0n) is 15.3. The lowest BCUT2D eigenvalue weighted by Crippen LogP contribution is -2.28. The molecule has 1 aromatic heterocycles. The molecule has 0 saturated carbocycles. The van der Waals surface area contributed by atoms with Crippen molar-refractivity contribution < 1.29 is 14.3 Å². The van der Waals surface area contributed by atoms with E-state index >= 15 is 0 Å². The van der Waals surface area contributed by atoms with Crippen molar-refractivity contribution in [3.05, 3.63) is 84.2 Å². The molecule has 0 fully saturated rings. The van der Waals surface area contributed by atoms with Gasteiger partial charge in [-0.25, -0.2) is 4.79 Å². The molecule has 7 nitrogen and oxygen atoms in total. The van der Waals surface area contributed by atoms with Crippen molar-refractivity contribution in [1.29, 1.82) is 0 Å². The minimum atomic E-state index is -0.327. The lowest BCUT2D eigenvalue weighted by atomic mass is 10.2. The summed E-state index contributed by atoms with van der Waals surface area (Å²) in [6.07, 6.45) is 3.34. The third-order valence-corrected chi connectivity index (χ3v) is 3.96. The Morgan fingerprint density at radius 1 is 0.857 bits per heavy atom. The number of benzene rings is 2. The Bertz CT molecular complexity index is 926. The number of nitrogens with zero attached hydrogens (tertiary/aromatic N) is 1. The molecule has 28 heavy (non-hydrogen) atoms. The van der Waals surface area contributed by atoms with Gasteiger partial charge in [-0.1, -0.05) is 0 Å². The second-order valence-electron chi connectivity index (χ2n) is 5.92. The van der Waals surface area contributed by atoms with Crippen LogP contribution in [-0.4, -0.2) is 24.0 Å². The number of carbonyl (C=O) groups excluding carboxylic acids is 2. The number of pyridine rings is 1. The van der Waals surface area contributed by atoms with Crippen LogP contribution in [0.15, 0.2) is 73.1 Å². The first-order valence-electron chi connectivity index (χ1n) is 8.63. The molecule has 3 N–H and O–H groups in total. The molecule has 0 aliphatic heterocycles. The number of urea groups is 1. The summed E-state index contributed by atoms with van der Waals surface area (Å²) < 4.78 is 5.09. The lowest BCUT2D eigenvalue weighted by Gasteiger charge is -2.09. The fourth-order valence-corrected chi connectivity index (χ4v) is 2.44. The van der Waals surface area contributed by atoms with Gasteiger partial charge in [-0.15, -0.1) is 0 Å². The fraction of sp³-hybridized carbons (Fsp3) is 0.0952. The maximum atomic E-state index is 12.3. The first-order chi connectivity index (χ1) is 13.6. The van der Waals surface area contributed by atoms with Crippen LogP contribution in [0.1, 0.15) is 15.9 Å². The summed E-state index contributed by atoms with van der Waals surface area (Å²) in [4.78, 5) is 28.2. The second kappa shape index (κ2) is 9.18. The van der Waals surface area contributed by atoms with Crippen LogP contribution in [0.2, 0.25) is 0 Å². The van der Waals surface area contributed by atoms with Crippen LogP contribution in [-0.2, 0) is 6.54 Å². The Morgan fingerprint density at radius 2 is 1.46 bits per heavy atom. The van der Waals surface area contributed by atoms with Gasteiger partial charge in [0.1, 0.15) is 5.75 Å². The van der Waals surface area contributed by atoms with E-state index in [-0.39, 0.29) is 11.9 Å². The summed E-state index contributed by atoms with van der Waals surface area (Å²) >= 11 is 0. The summed E-state index contributed by atoms with van der Waals surface area (Å²) in [5.74, 6) is 0.481. The molecule has 0 atom stereocenters. The van der Waals surface area contributed by atoms with E-state index in [1.54, 1.807) is 68.0 Å². The van der Waals surface area contributed by atoms with E-state index in [2.05, 4.69) is 20.9 Å². The van der Waals surface area contributed by atoms with Crippen LogP contribution in [0.4, 0.5) is 16.2 Å². The summed E-state index contributed by atoms with van der Waals surface area (Å²) in [6.45, 7) is 0.400. The number of hydrogen-bond acceptors (Lipinski definition) is 4. The smallest absolute Gasteiger partial charge is 0.319 e. The normalized spacial score (nSPS) is 10.0. The molecule has 1 heterocycles. The summed E-state index contributed by atoms with van der Waals surface area (Å²) in [7, 11) is 1.59. The van der Waals surface area contributed by atoms with Crippen molar-refractivity contribution in [2.24, 2.45) is 0 Å². The number of rotatable bonds is 6. The maximum absolute atomic E-state index is 12.3. The first-order valence-corrected chi connectivity index (χ1v) is 8.63. The van der Waals surface area contributed by atoms with Crippen LogP contribution in [0.3, 0.4) is 0 Å². The largest absolute Gasteiger partial charge is 0.497 e. The Hall–Kier alpha value is -3.87. The van der Waals surface area contributed by atoms with Gasteiger partial charge in [-0.2, -0.15) is 0 Å². The molecule has 0 radical (unpaired) electrons. The average molecular weight is 376 g/mol. The molecule has 2 aromatic carbocycles. The molecule has 0 saturated heterocycles. The van der Waals surface area contributed by atoms with Crippen LogP contribution in [0.5, 0.6) is 5.75 Å². The Labute approximate surface area is 162 Å². The predicted octanol–water partition coefficient (Wildman–Crippen LogP) is 3.66. The number of methoxy groups -OCH3 is 1. The maximum Gasteiger partial charge on any atom is 0.319 e. The molecule has 7 heteroatoms. The number of hydrogen-bond donors (Lipinski definition) is 3. The van der Waals surface area contributed by atoms with Crippen molar-refractivity contribution in [3.63, 3.8) is 0 Å². The van der Waals surface area contributed by atoms with Crippen molar-refractivity contribution in [2.45, 2.75) is 6.54 Å². The molecule has 0 aliphatic rings. The van der Waals surface area contributed by atoms with E-state index < -0.39 is 0 Å². The quantitative estimate of drug-likeness (QED) is 0.612. The van der Waals surface area contributed by atoms with Gasteiger partial charge in [0.2, 0.25) is 0 Å². The average Bonchev–Trinajstić information content (AvgIpc) is 2.74. The Kier molecular flexibility index (Phi) is 6.20. The molecule has 3 rings (SSSR count). The van der Waals surface area contributed by atoms with Crippen molar-refractivity contribution in [1.82, 2.24) is 10.3 Å². The third kappa shape index (κ3) is 5.31. The minimum Gasteiger partial charge on any atom is -0.497 e. The molecule has 142 valence electrons. The number of anilines is 2. The zero-order valence-corrected chi connectivity index (χ0v) is 15.3. The number of aromatic nitrogens is 1. The van der Waals surface area contributed by atoms with E-state index in [9.17, 15) is 9.59 Å². The summed E-state index contributed by atoms with van der Waals surface area (Å²) in [6, 6.07) is 17.1.